The molecular formula is C15H16FNO4. The minimum absolute atomic E-state index is 0.0199. The Morgan fingerprint density at radius 2 is 2.24 bits per heavy atom. The molecule has 1 fully saturated rings. The number of morpholine rings is 1. The normalized spacial score (nSPS) is 19.4. The summed E-state index contributed by atoms with van der Waals surface area (Å²) in [5, 5.41) is 9.10. The monoisotopic (exact) mass is 293 g/mol. The Kier molecular flexibility index (Phi) is 4.70. The highest BCUT2D eigenvalue weighted by molar-refractivity contribution is 5.97. The number of allylic oxidation sites excluding steroid dienone is 1. The van der Waals surface area contributed by atoms with Crippen molar-refractivity contribution in [1.29, 1.82) is 0 Å². The van der Waals surface area contributed by atoms with Gasteiger partial charge >= 0.3 is 5.97 Å². The number of hydrogen-bond donors (Lipinski definition) is 1. The van der Waals surface area contributed by atoms with Crippen molar-refractivity contribution in [3.05, 3.63) is 41.7 Å². The lowest BCUT2D eigenvalue weighted by atomic mass is 10.1. The molecule has 1 amide bonds. The van der Waals surface area contributed by atoms with Gasteiger partial charge in [-0.05, 0) is 30.2 Å². The molecule has 21 heavy (non-hydrogen) atoms. The maximum absolute atomic E-state index is 13.2. The highest BCUT2D eigenvalue weighted by Gasteiger charge is 2.31. The fourth-order valence-electron chi connectivity index (χ4n) is 2.16. The minimum Gasteiger partial charge on any atom is -0.480 e. The van der Waals surface area contributed by atoms with Crippen molar-refractivity contribution in [2.75, 3.05) is 19.8 Å². The fourth-order valence-corrected chi connectivity index (χ4v) is 2.16. The van der Waals surface area contributed by atoms with Crippen LogP contribution in [0.4, 0.5) is 4.39 Å². The van der Waals surface area contributed by atoms with Gasteiger partial charge in [0.05, 0.1) is 13.2 Å². The molecule has 1 aliphatic rings. The molecule has 6 heteroatoms. The van der Waals surface area contributed by atoms with Gasteiger partial charge in [0.1, 0.15) is 5.82 Å². The molecule has 1 unspecified atom stereocenters. The average molecular weight is 293 g/mol. The van der Waals surface area contributed by atoms with Crippen LogP contribution in [0.15, 0.2) is 30.3 Å². The molecule has 2 rings (SSSR count). The lowest BCUT2D eigenvalue weighted by Gasteiger charge is -2.32. The van der Waals surface area contributed by atoms with Crippen molar-refractivity contribution in [2.24, 2.45) is 0 Å². The molecular weight excluding hydrogens is 277 g/mol. The van der Waals surface area contributed by atoms with Crippen molar-refractivity contribution >= 4 is 17.4 Å². The Hall–Kier alpha value is -2.21. The number of ether oxygens (including phenoxy) is 1. The molecule has 5 nitrogen and oxygen atoms in total. The first-order chi connectivity index (χ1) is 9.99. The summed E-state index contributed by atoms with van der Waals surface area (Å²) in [5.41, 5.74) is 1.17. The third-order valence-electron chi connectivity index (χ3n) is 3.32. The summed E-state index contributed by atoms with van der Waals surface area (Å²) in [6.07, 6.45) is 1.33. The van der Waals surface area contributed by atoms with Gasteiger partial charge in [-0.1, -0.05) is 12.1 Å². The molecule has 0 saturated carbocycles. The molecule has 1 aromatic carbocycles. The summed E-state index contributed by atoms with van der Waals surface area (Å²) in [6, 6.07) is 4.91. The van der Waals surface area contributed by atoms with Crippen LogP contribution in [0.1, 0.15) is 12.5 Å². The predicted molar refractivity (Wildman–Crippen MR) is 74.0 cm³/mol. The second-order valence-corrected chi connectivity index (χ2v) is 4.80. The van der Waals surface area contributed by atoms with Crippen LogP contribution in [0, 0.1) is 5.82 Å². The van der Waals surface area contributed by atoms with Crippen LogP contribution in [0.3, 0.4) is 0 Å². The molecule has 0 bridgehead atoms. The fraction of sp³-hybridized carbons (Fsp3) is 0.333. The first-order valence-electron chi connectivity index (χ1n) is 6.54. The molecule has 0 aromatic heterocycles. The van der Waals surface area contributed by atoms with Gasteiger partial charge in [0, 0.05) is 12.6 Å². The largest absolute Gasteiger partial charge is 0.480 e. The first-order valence-corrected chi connectivity index (χ1v) is 6.54. The van der Waals surface area contributed by atoms with E-state index in [2.05, 4.69) is 0 Å². The second-order valence-electron chi connectivity index (χ2n) is 4.80. The van der Waals surface area contributed by atoms with Crippen molar-refractivity contribution < 1.29 is 23.8 Å². The van der Waals surface area contributed by atoms with Gasteiger partial charge < -0.3 is 14.7 Å². The van der Waals surface area contributed by atoms with E-state index in [1.165, 1.54) is 23.1 Å². The number of benzene rings is 1. The van der Waals surface area contributed by atoms with Crippen molar-refractivity contribution in [1.82, 2.24) is 4.90 Å². The van der Waals surface area contributed by atoms with E-state index >= 15 is 0 Å². The first kappa shape index (κ1) is 15.2. The van der Waals surface area contributed by atoms with Crippen molar-refractivity contribution in [3.63, 3.8) is 0 Å². The standard InChI is InChI=1S/C15H16FNO4/c1-10(11-3-2-4-12(16)8-11)7-14(18)17-5-6-21-9-13(17)15(19)20/h2-4,7-8,13H,5-6,9H2,1H3,(H,19,20)/b10-7+. The summed E-state index contributed by atoms with van der Waals surface area (Å²) in [4.78, 5) is 24.6. The van der Waals surface area contributed by atoms with Gasteiger partial charge in [-0.2, -0.15) is 0 Å². The van der Waals surface area contributed by atoms with E-state index < -0.39 is 17.9 Å². The molecule has 1 heterocycles. The third kappa shape index (κ3) is 3.66. The van der Waals surface area contributed by atoms with Crippen LogP contribution in [0.5, 0.6) is 0 Å². The lowest BCUT2D eigenvalue weighted by Crippen LogP contribution is -2.52. The van der Waals surface area contributed by atoms with Crippen LogP contribution >= 0.6 is 0 Å². The van der Waals surface area contributed by atoms with Crippen LogP contribution in [0.2, 0.25) is 0 Å². The maximum atomic E-state index is 13.2. The summed E-state index contributed by atoms with van der Waals surface area (Å²) in [7, 11) is 0. The van der Waals surface area contributed by atoms with Gasteiger partial charge in [0.25, 0.3) is 0 Å². The zero-order chi connectivity index (χ0) is 15.4. The number of hydrogen-bond acceptors (Lipinski definition) is 3. The van der Waals surface area contributed by atoms with Gasteiger partial charge in [-0.25, -0.2) is 9.18 Å². The number of carboxylic acids is 1. The zero-order valence-corrected chi connectivity index (χ0v) is 11.6. The number of nitrogens with zero attached hydrogens (tertiary/aromatic N) is 1. The number of amides is 1. The molecule has 0 radical (unpaired) electrons. The summed E-state index contributed by atoms with van der Waals surface area (Å²) in [5.74, 6) is -1.89. The van der Waals surface area contributed by atoms with Crippen LogP contribution in [0.25, 0.3) is 5.57 Å². The van der Waals surface area contributed by atoms with Gasteiger partial charge in [0.15, 0.2) is 6.04 Å². The van der Waals surface area contributed by atoms with Gasteiger partial charge in [-0.3, -0.25) is 4.79 Å². The number of halogens is 1. The molecule has 1 atom stereocenters. The van der Waals surface area contributed by atoms with Crippen LogP contribution < -0.4 is 0 Å². The Morgan fingerprint density at radius 3 is 2.90 bits per heavy atom. The smallest absolute Gasteiger partial charge is 0.328 e. The lowest BCUT2D eigenvalue weighted by molar-refractivity contribution is -0.156. The summed E-state index contributed by atoms with van der Waals surface area (Å²) < 4.78 is 18.3. The quantitative estimate of drug-likeness (QED) is 0.859. The Bertz CT molecular complexity index is 585. The average Bonchev–Trinajstić information content (AvgIpc) is 2.47. The van der Waals surface area contributed by atoms with E-state index in [0.717, 1.165) is 0 Å². The molecule has 112 valence electrons. The van der Waals surface area contributed by atoms with E-state index in [0.29, 0.717) is 17.7 Å². The van der Waals surface area contributed by atoms with Crippen LogP contribution in [-0.2, 0) is 14.3 Å². The number of aliphatic carboxylic acids is 1. The van der Waals surface area contributed by atoms with E-state index in [4.69, 9.17) is 9.84 Å². The van der Waals surface area contributed by atoms with Gasteiger partial charge in [-0.15, -0.1) is 0 Å². The molecule has 0 spiro atoms. The van der Waals surface area contributed by atoms with E-state index in [1.807, 2.05) is 0 Å². The highest BCUT2D eigenvalue weighted by Crippen LogP contribution is 2.16. The van der Waals surface area contributed by atoms with Crippen molar-refractivity contribution in [3.8, 4) is 0 Å². The van der Waals surface area contributed by atoms with Gasteiger partial charge in [0.2, 0.25) is 5.91 Å². The Labute approximate surface area is 121 Å². The Morgan fingerprint density at radius 1 is 1.48 bits per heavy atom. The number of rotatable bonds is 3. The van der Waals surface area contributed by atoms with E-state index in [1.54, 1.807) is 19.1 Å². The molecule has 0 aliphatic carbocycles. The van der Waals surface area contributed by atoms with E-state index in [9.17, 15) is 14.0 Å². The Balaban J connectivity index is 2.18. The highest BCUT2D eigenvalue weighted by atomic mass is 19.1. The SMILES string of the molecule is C/C(=C\C(=O)N1CCOCC1C(=O)O)c1cccc(F)c1. The maximum Gasteiger partial charge on any atom is 0.328 e. The molecule has 1 N–H and O–H groups in total. The molecule has 1 aromatic rings. The summed E-state index contributed by atoms with van der Waals surface area (Å²) >= 11 is 0. The predicted octanol–water partition coefficient (Wildman–Crippen LogP) is 1.54. The second kappa shape index (κ2) is 6.49. The minimum atomic E-state index is -1.10. The summed E-state index contributed by atoms with van der Waals surface area (Å²) in [6.45, 7) is 2.20. The van der Waals surface area contributed by atoms with E-state index in [-0.39, 0.29) is 19.0 Å². The van der Waals surface area contributed by atoms with Crippen molar-refractivity contribution in [2.45, 2.75) is 13.0 Å². The molecule has 1 saturated heterocycles. The number of carboxylic acid groups (broad SMARTS) is 1. The van der Waals surface area contributed by atoms with Crippen LogP contribution in [-0.4, -0.2) is 47.7 Å². The number of carbonyl (C=O) groups excluding carboxylic acids is 1. The third-order valence-corrected chi connectivity index (χ3v) is 3.32. The number of carbonyl (C=O) groups is 2. The molecule has 1 aliphatic heterocycles. The zero-order valence-electron chi connectivity index (χ0n) is 11.6. The topological polar surface area (TPSA) is 66.8 Å².